The third kappa shape index (κ3) is 2.47. The molecule has 0 bridgehead atoms. The maximum absolute atomic E-state index is 13.1. The third-order valence-electron chi connectivity index (χ3n) is 2.73. The van der Waals surface area contributed by atoms with Crippen LogP contribution in [0.4, 0.5) is 8.78 Å². The average Bonchev–Trinajstić information content (AvgIpc) is 2.66. The van der Waals surface area contributed by atoms with Crippen LogP contribution >= 0.6 is 11.6 Å². The van der Waals surface area contributed by atoms with Gasteiger partial charge in [0.25, 0.3) is 0 Å². The van der Waals surface area contributed by atoms with Crippen molar-refractivity contribution in [3.8, 4) is 0 Å². The van der Waals surface area contributed by atoms with Crippen LogP contribution in [0.25, 0.3) is 0 Å². The van der Waals surface area contributed by atoms with Crippen LogP contribution in [0.5, 0.6) is 0 Å². The van der Waals surface area contributed by atoms with Gasteiger partial charge in [-0.1, -0.05) is 11.6 Å². The highest BCUT2D eigenvalue weighted by molar-refractivity contribution is 6.30. The van der Waals surface area contributed by atoms with Crippen molar-refractivity contribution in [1.82, 2.24) is 5.32 Å². The van der Waals surface area contributed by atoms with Crippen LogP contribution in [0.1, 0.15) is 12.0 Å². The molecule has 1 N–H and O–H groups in total. The van der Waals surface area contributed by atoms with E-state index in [1.807, 2.05) is 0 Å². The zero-order chi connectivity index (χ0) is 10.8. The largest absolute Gasteiger partial charge is 0.316 e. The van der Waals surface area contributed by atoms with E-state index >= 15 is 0 Å². The van der Waals surface area contributed by atoms with E-state index in [9.17, 15) is 8.78 Å². The lowest BCUT2D eigenvalue weighted by molar-refractivity contribution is 0.555. The summed E-state index contributed by atoms with van der Waals surface area (Å²) in [5, 5.41) is 2.81. The Bertz CT molecular complexity index is 339. The van der Waals surface area contributed by atoms with E-state index in [-0.39, 0.29) is 0 Å². The van der Waals surface area contributed by atoms with Gasteiger partial charge in [0.2, 0.25) is 0 Å². The molecule has 1 unspecified atom stereocenters. The Kier molecular flexibility index (Phi) is 3.22. The molecule has 0 radical (unpaired) electrons. The number of nitrogens with one attached hydrogen (secondary N) is 1. The highest BCUT2D eigenvalue weighted by Gasteiger charge is 2.16. The number of hydrogen-bond acceptors (Lipinski definition) is 1. The summed E-state index contributed by atoms with van der Waals surface area (Å²) in [7, 11) is 0. The minimum atomic E-state index is -0.669. The molecule has 4 heteroatoms. The van der Waals surface area contributed by atoms with E-state index in [2.05, 4.69) is 5.32 Å². The molecule has 1 aromatic carbocycles. The number of hydrogen-bond donors (Lipinski definition) is 1. The number of rotatable bonds is 2. The van der Waals surface area contributed by atoms with E-state index in [4.69, 9.17) is 11.6 Å². The highest BCUT2D eigenvalue weighted by Crippen LogP contribution is 2.23. The van der Waals surface area contributed by atoms with Crippen molar-refractivity contribution >= 4 is 11.6 Å². The van der Waals surface area contributed by atoms with Crippen LogP contribution in [0, 0.1) is 17.6 Å². The molecular weight excluding hydrogens is 220 g/mol. The first kappa shape index (κ1) is 10.8. The van der Waals surface area contributed by atoms with Crippen LogP contribution in [0.2, 0.25) is 5.02 Å². The zero-order valence-electron chi connectivity index (χ0n) is 8.19. The van der Waals surface area contributed by atoms with Crippen LogP contribution in [-0.4, -0.2) is 13.1 Å². The molecule has 2 rings (SSSR count). The molecule has 1 saturated heterocycles. The lowest BCUT2D eigenvalue weighted by atomic mass is 9.98. The summed E-state index contributed by atoms with van der Waals surface area (Å²) in [6.07, 6.45) is 1.77. The maximum Gasteiger partial charge on any atom is 0.145 e. The smallest absolute Gasteiger partial charge is 0.145 e. The molecule has 1 heterocycles. The topological polar surface area (TPSA) is 12.0 Å². The van der Waals surface area contributed by atoms with Crippen molar-refractivity contribution in [2.45, 2.75) is 12.8 Å². The van der Waals surface area contributed by atoms with Crippen LogP contribution < -0.4 is 5.32 Å². The van der Waals surface area contributed by atoms with Crippen molar-refractivity contribution in [3.63, 3.8) is 0 Å². The Hall–Kier alpha value is -0.670. The second-order valence-corrected chi connectivity index (χ2v) is 4.31. The Balaban J connectivity index is 2.14. The molecule has 0 spiro atoms. The van der Waals surface area contributed by atoms with E-state index in [1.54, 1.807) is 0 Å². The zero-order valence-corrected chi connectivity index (χ0v) is 8.95. The van der Waals surface area contributed by atoms with Gasteiger partial charge in [0, 0.05) is 0 Å². The van der Waals surface area contributed by atoms with Gasteiger partial charge >= 0.3 is 0 Å². The first-order valence-electron chi connectivity index (χ1n) is 5.01. The Labute approximate surface area is 92.4 Å². The van der Waals surface area contributed by atoms with Crippen LogP contribution in [0.3, 0.4) is 0 Å². The fourth-order valence-electron chi connectivity index (χ4n) is 1.95. The van der Waals surface area contributed by atoms with E-state index < -0.39 is 16.7 Å². The summed E-state index contributed by atoms with van der Waals surface area (Å²) < 4.78 is 26.3. The predicted molar refractivity (Wildman–Crippen MR) is 56.0 cm³/mol. The molecule has 0 aromatic heterocycles. The Morgan fingerprint density at radius 3 is 2.53 bits per heavy atom. The monoisotopic (exact) mass is 231 g/mol. The maximum atomic E-state index is 13.1. The SMILES string of the molecule is Fc1cc(CC2CCNC2)cc(F)c1Cl. The van der Waals surface area contributed by atoms with Gasteiger partial charge < -0.3 is 5.32 Å². The normalized spacial score (nSPS) is 20.9. The number of halogens is 3. The van der Waals surface area contributed by atoms with Crippen LogP contribution in [-0.2, 0) is 6.42 Å². The lowest BCUT2D eigenvalue weighted by Gasteiger charge is -2.09. The van der Waals surface area contributed by atoms with Gasteiger partial charge in [-0.2, -0.15) is 0 Å². The summed E-state index contributed by atoms with van der Waals surface area (Å²) in [6.45, 7) is 1.91. The summed E-state index contributed by atoms with van der Waals surface area (Å²) in [5.74, 6) is -0.861. The van der Waals surface area contributed by atoms with Crippen LogP contribution in [0.15, 0.2) is 12.1 Å². The quantitative estimate of drug-likeness (QED) is 0.772. The molecule has 1 aromatic rings. The van der Waals surface area contributed by atoms with Gasteiger partial charge in [0.15, 0.2) is 0 Å². The van der Waals surface area contributed by atoms with Gasteiger partial charge in [-0.3, -0.25) is 0 Å². The standard InChI is InChI=1S/C11H12ClF2N/c12-11-9(13)4-8(5-10(11)14)3-7-1-2-15-6-7/h4-5,7,15H,1-3,6H2. The van der Waals surface area contributed by atoms with Gasteiger partial charge in [0.1, 0.15) is 16.7 Å². The minimum absolute atomic E-state index is 0.414. The summed E-state index contributed by atoms with van der Waals surface area (Å²) >= 11 is 5.40. The van der Waals surface area contributed by atoms with E-state index in [0.29, 0.717) is 17.9 Å². The fourth-order valence-corrected chi connectivity index (χ4v) is 2.06. The van der Waals surface area contributed by atoms with Crippen molar-refractivity contribution in [2.75, 3.05) is 13.1 Å². The number of benzene rings is 1. The van der Waals surface area contributed by atoms with Crippen molar-refractivity contribution < 1.29 is 8.78 Å². The van der Waals surface area contributed by atoms with Gasteiger partial charge in [-0.25, -0.2) is 8.78 Å². The Morgan fingerprint density at radius 2 is 2.00 bits per heavy atom. The molecule has 82 valence electrons. The van der Waals surface area contributed by atoms with E-state index in [1.165, 1.54) is 12.1 Å². The second kappa shape index (κ2) is 4.45. The molecular formula is C11H12ClF2N. The molecule has 15 heavy (non-hydrogen) atoms. The summed E-state index contributed by atoms with van der Waals surface area (Å²) in [6, 6.07) is 2.65. The summed E-state index contributed by atoms with van der Waals surface area (Å²) in [5.41, 5.74) is 0.683. The Morgan fingerprint density at radius 1 is 1.33 bits per heavy atom. The van der Waals surface area contributed by atoms with E-state index in [0.717, 1.165) is 19.5 Å². The molecule has 1 atom stereocenters. The van der Waals surface area contributed by atoms with Crippen molar-refractivity contribution in [2.24, 2.45) is 5.92 Å². The molecule has 0 aliphatic carbocycles. The molecule has 1 aliphatic heterocycles. The molecule has 0 saturated carbocycles. The fraction of sp³-hybridized carbons (Fsp3) is 0.455. The first-order chi connectivity index (χ1) is 7.16. The van der Waals surface area contributed by atoms with Gasteiger partial charge in [0.05, 0.1) is 0 Å². The molecule has 1 aliphatic rings. The van der Waals surface area contributed by atoms with Gasteiger partial charge in [-0.15, -0.1) is 0 Å². The van der Waals surface area contributed by atoms with Gasteiger partial charge in [-0.05, 0) is 49.5 Å². The molecule has 1 fully saturated rings. The van der Waals surface area contributed by atoms with Crippen molar-refractivity contribution in [1.29, 1.82) is 0 Å². The average molecular weight is 232 g/mol. The minimum Gasteiger partial charge on any atom is -0.316 e. The predicted octanol–water partition coefficient (Wildman–Crippen LogP) is 2.77. The lowest BCUT2D eigenvalue weighted by Crippen LogP contribution is -2.11. The first-order valence-corrected chi connectivity index (χ1v) is 5.39. The molecule has 1 nitrogen and oxygen atoms in total. The highest BCUT2D eigenvalue weighted by atomic mass is 35.5. The van der Waals surface area contributed by atoms with Crippen molar-refractivity contribution in [3.05, 3.63) is 34.4 Å². The molecule has 0 amide bonds. The third-order valence-corrected chi connectivity index (χ3v) is 3.09. The second-order valence-electron chi connectivity index (χ2n) is 3.94. The summed E-state index contributed by atoms with van der Waals surface area (Å²) in [4.78, 5) is 0.